The van der Waals surface area contributed by atoms with Gasteiger partial charge in [0.15, 0.2) is 0 Å². The Balaban J connectivity index is 1.43. The minimum absolute atomic E-state index is 0.0150. The van der Waals surface area contributed by atoms with E-state index in [2.05, 4.69) is 20.9 Å². The highest BCUT2D eigenvalue weighted by Crippen LogP contribution is 2.48. The zero-order valence-corrected chi connectivity index (χ0v) is 21.4. The summed E-state index contributed by atoms with van der Waals surface area (Å²) in [5.41, 5.74) is 5.49. The molecule has 11 nitrogen and oxygen atoms in total. The van der Waals surface area contributed by atoms with Crippen molar-refractivity contribution >= 4 is 52.1 Å². The Hall–Kier alpha value is -3.88. The van der Waals surface area contributed by atoms with E-state index in [1.807, 2.05) is 0 Å². The first-order chi connectivity index (χ1) is 18.0. The number of benzene rings is 2. The van der Waals surface area contributed by atoms with Gasteiger partial charge in [-0.15, -0.1) is 10.7 Å². The number of nitrogens with one attached hydrogen (secondary N) is 2. The first kappa shape index (κ1) is 25.8. The number of anilines is 4. The number of amides is 2. The third-order valence-electron chi connectivity index (χ3n) is 5.81. The predicted octanol–water partition coefficient (Wildman–Crippen LogP) is 5.04. The fraction of sp³-hybridized carbons (Fsp3) is 0.227. The summed E-state index contributed by atoms with van der Waals surface area (Å²) in [7, 11) is 4.34. The van der Waals surface area contributed by atoms with E-state index < -0.39 is 17.8 Å². The number of hydrogen-bond acceptors (Lipinski definition) is 9. The van der Waals surface area contributed by atoms with Gasteiger partial charge in [0, 0.05) is 24.9 Å². The molecule has 200 valence electrons. The molecule has 38 heavy (non-hydrogen) atoms. The highest BCUT2D eigenvalue weighted by Gasteiger charge is 2.36. The number of rotatable bonds is 5. The summed E-state index contributed by atoms with van der Waals surface area (Å²) < 4.78 is 49.6. The van der Waals surface area contributed by atoms with Crippen molar-refractivity contribution < 1.29 is 32.3 Å². The third-order valence-corrected chi connectivity index (χ3v) is 6.54. The van der Waals surface area contributed by atoms with Crippen molar-refractivity contribution in [2.75, 3.05) is 41.7 Å². The lowest BCUT2D eigenvalue weighted by Gasteiger charge is -2.35. The second kappa shape index (κ2) is 9.45. The number of nitrogens with zero attached hydrogens (tertiary/aromatic N) is 5. The van der Waals surface area contributed by atoms with Crippen LogP contribution in [0.15, 0.2) is 30.5 Å². The molecule has 0 spiro atoms. The van der Waals surface area contributed by atoms with Gasteiger partial charge in [-0.3, -0.25) is 15.2 Å². The molecule has 2 aliphatic rings. The van der Waals surface area contributed by atoms with E-state index in [-0.39, 0.29) is 57.0 Å². The van der Waals surface area contributed by atoms with Gasteiger partial charge in [-0.05, 0) is 18.2 Å². The van der Waals surface area contributed by atoms with Crippen LogP contribution in [-0.4, -0.2) is 37.3 Å². The number of hydrazine groups is 2. The lowest BCUT2D eigenvalue weighted by molar-refractivity contribution is -0.137. The minimum atomic E-state index is -4.50. The molecule has 3 aromatic rings. The maximum absolute atomic E-state index is 13.4. The van der Waals surface area contributed by atoms with Crippen LogP contribution in [0.5, 0.6) is 17.5 Å². The summed E-state index contributed by atoms with van der Waals surface area (Å²) in [6, 6.07) is 3.92. The molecule has 0 saturated carbocycles. The molecule has 16 heteroatoms. The van der Waals surface area contributed by atoms with Gasteiger partial charge in [-0.1, -0.05) is 23.2 Å². The number of urea groups is 1. The van der Waals surface area contributed by atoms with Crippen LogP contribution in [-0.2, 0) is 12.7 Å². The molecule has 3 heterocycles. The van der Waals surface area contributed by atoms with Gasteiger partial charge in [-0.2, -0.15) is 18.2 Å². The highest BCUT2D eigenvalue weighted by atomic mass is 35.5. The van der Waals surface area contributed by atoms with Gasteiger partial charge < -0.3 is 14.3 Å². The monoisotopic (exact) mass is 571 g/mol. The molecule has 2 amide bonds. The van der Waals surface area contributed by atoms with E-state index in [0.29, 0.717) is 5.56 Å². The molecule has 1 aromatic heterocycles. The predicted molar refractivity (Wildman–Crippen MR) is 133 cm³/mol. The summed E-state index contributed by atoms with van der Waals surface area (Å²) in [5.74, 6) is 0.773. The van der Waals surface area contributed by atoms with E-state index >= 15 is 0 Å². The number of halogens is 5. The Labute approximate surface area is 223 Å². The molecule has 2 N–H and O–H groups in total. The molecule has 0 fully saturated rings. The van der Waals surface area contributed by atoms with Crippen LogP contribution in [0.1, 0.15) is 11.1 Å². The van der Waals surface area contributed by atoms with Crippen molar-refractivity contribution in [2.45, 2.75) is 12.7 Å². The van der Waals surface area contributed by atoms with Crippen LogP contribution in [0.3, 0.4) is 0 Å². The number of carbonyl (C=O) groups is 1. The molecular weight excluding hydrogens is 554 g/mol. The van der Waals surface area contributed by atoms with E-state index in [9.17, 15) is 18.0 Å². The normalized spacial score (nSPS) is 14.7. The maximum Gasteiger partial charge on any atom is 0.416 e. The number of aromatic nitrogens is 2. The Kier molecular flexibility index (Phi) is 6.41. The number of ether oxygens (including phenoxy) is 2. The lowest BCUT2D eigenvalue weighted by Crippen LogP contribution is -2.46. The van der Waals surface area contributed by atoms with Crippen LogP contribution in [0.25, 0.3) is 0 Å². The van der Waals surface area contributed by atoms with Crippen molar-refractivity contribution in [2.24, 2.45) is 0 Å². The summed E-state index contributed by atoms with van der Waals surface area (Å²) in [6.07, 6.45) is -3.05. The smallest absolute Gasteiger partial charge is 0.416 e. The van der Waals surface area contributed by atoms with Gasteiger partial charge in [0.25, 0.3) is 0 Å². The molecule has 2 aromatic carbocycles. The standard InChI is InChI=1S/C22H18Cl2F3N7O4/c1-32-19-10(9-33(21(32)35)18-16(23)14(36-2)7-15(37-3)17(18)24)8-28-20(29-19)38-34-13-5-4-11(22(25,26)27)6-12(13)30-31-34/h4-8,30-31H,9H2,1-3H3. The summed E-state index contributed by atoms with van der Waals surface area (Å²) in [5, 5.41) is 1.30. The van der Waals surface area contributed by atoms with Gasteiger partial charge in [0.2, 0.25) is 0 Å². The minimum Gasteiger partial charge on any atom is -0.495 e. The lowest BCUT2D eigenvalue weighted by atomic mass is 10.1. The summed E-state index contributed by atoms with van der Waals surface area (Å²) in [6.45, 7) is 0.0150. The molecule has 0 aliphatic carbocycles. The van der Waals surface area contributed by atoms with Crippen LogP contribution in [0.4, 0.5) is 40.8 Å². The van der Waals surface area contributed by atoms with Crippen LogP contribution in [0, 0.1) is 0 Å². The largest absolute Gasteiger partial charge is 0.495 e. The van der Waals surface area contributed by atoms with E-state index in [4.69, 9.17) is 37.5 Å². The van der Waals surface area contributed by atoms with Gasteiger partial charge in [0.05, 0.1) is 37.7 Å². The first-order valence-corrected chi connectivity index (χ1v) is 11.5. The van der Waals surface area contributed by atoms with Crippen molar-refractivity contribution in [1.29, 1.82) is 0 Å². The molecule has 0 bridgehead atoms. The molecule has 0 atom stereocenters. The molecule has 0 unspecified atom stereocenters. The van der Waals surface area contributed by atoms with Crippen LogP contribution in [0.2, 0.25) is 10.0 Å². The van der Waals surface area contributed by atoms with E-state index in [1.54, 1.807) is 0 Å². The number of carbonyl (C=O) groups excluding carboxylic acids is 1. The Morgan fingerprint density at radius 2 is 1.76 bits per heavy atom. The summed E-state index contributed by atoms with van der Waals surface area (Å²) in [4.78, 5) is 30.1. The van der Waals surface area contributed by atoms with Crippen LogP contribution < -0.4 is 40.2 Å². The van der Waals surface area contributed by atoms with Crippen molar-refractivity contribution in [3.8, 4) is 17.5 Å². The number of hydrogen-bond donors (Lipinski definition) is 2. The topological polar surface area (TPSA) is 104 Å². The zero-order valence-electron chi connectivity index (χ0n) is 19.9. The molecule has 0 saturated heterocycles. The average Bonchev–Trinajstić information content (AvgIpc) is 3.29. The van der Waals surface area contributed by atoms with Crippen LogP contribution >= 0.6 is 23.2 Å². The average molecular weight is 572 g/mol. The van der Waals surface area contributed by atoms with Crippen molar-refractivity contribution in [1.82, 2.24) is 15.5 Å². The fourth-order valence-electron chi connectivity index (χ4n) is 3.94. The van der Waals surface area contributed by atoms with E-state index in [1.165, 1.54) is 49.4 Å². The third kappa shape index (κ3) is 4.29. The van der Waals surface area contributed by atoms with E-state index in [0.717, 1.165) is 17.3 Å². The maximum atomic E-state index is 13.4. The Morgan fingerprint density at radius 1 is 1.08 bits per heavy atom. The second-order valence-corrected chi connectivity index (χ2v) is 8.79. The number of alkyl halides is 3. The van der Waals surface area contributed by atoms with Crippen molar-refractivity contribution in [3.05, 3.63) is 51.6 Å². The Bertz CT molecular complexity index is 1410. The zero-order chi connectivity index (χ0) is 27.4. The molecular formula is C22H18Cl2F3N7O4. The number of methoxy groups -OCH3 is 2. The first-order valence-electron chi connectivity index (χ1n) is 10.8. The van der Waals surface area contributed by atoms with Gasteiger partial charge >= 0.3 is 18.2 Å². The van der Waals surface area contributed by atoms with Gasteiger partial charge in [-0.25, -0.2) is 9.78 Å². The molecule has 2 aliphatic heterocycles. The van der Waals surface area contributed by atoms with Gasteiger partial charge in [0.1, 0.15) is 33.0 Å². The number of fused-ring (bicyclic) bond motifs is 2. The van der Waals surface area contributed by atoms with Crippen molar-refractivity contribution in [3.63, 3.8) is 0 Å². The molecule has 5 rings (SSSR count). The summed E-state index contributed by atoms with van der Waals surface area (Å²) >= 11 is 13.0. The fourth-order valence-corrected chi connectivity index (χ4v) is 4.64. The quantitative estimate of drug-likeness (QED) is 0.435. The highest BCUT2D eigenvalue weighted by molar-refractivity contribution is 6.42. The second-order valence-electron chi connectivity index (χ2n) is 8.04. The SMILES string of the molecule is COc1cc(OC)c(Cl)c(N2Cc3cnc(ON4NNc5cc(C(F)(F)F)ccc54)nc3N(C)C2=O)c1Cl. The Morgan fingerprint density at radius 3 is 2.39 bits per heavy atom. The molecule has 0 radical (unpaired) electrons.